The van der Waals surface area contributed by atoms with Crippen LogP contribution in [0.5, 0.6) is 11.5 Å². The van der Waals surface area contributed by atoms with Gasteiger partial charge in [-0.05, 0) is 76.7 Å². The molecule has 7 aromatic rings. The Morgan fingerprint density at radius 1 is 0.630 bits per heavy atom. The molecule has 226 valence electrons. The van der Waals surface area contributed by atoms with Gasteiger partial charge >= 0.3 is 0 Å². The minimum absolute atomic E-state index is 0.0842. The SMILES string of the molecule is CN1CN(c2cc(Oc3ccc4c5ccccc5n(-c5ccccn5)c4c3)cc(-c3ccccc3)c2)c2ccc(C(C)(C)C)cc21. The Morgan fingerprint density at radius 3 is 2.22 bits per heavy atom. The van der Waals surface area contributed by atoms with Crippen LogP contribution in [0.25, 0.3) is 38.8 Å². The van der Waals surface area contributed by atoms with Gasteiger partial charge in [0.15, 0.2) is 0 Å². The van der Waals surface area contributed by atoms with Crippen LogP contribution in [0.4, 0.5) is 17.1 Å². The third kappa shape index (κ3) is 4.85. The minimum atomic E-state index is 0.0842. The molecule has 3 heterocycles. The fourth-order valence-corrected chi connectivity index (χ4v) is 6.59. The van der Waals surface area contributed by atoms with E-state index in [9.17, 15) is 0 Å². The van der Waals surface area contributed by atoms with Crippen molar-refractivity contribution >= 4 is 38.9 Å². The van der Waals surface area contributed by atoms with Crippen molar-refractivity contribution in [2.45, 2.75) is 26.2 Å². The second-order valence-electron chi connectivity index (χ2n) is 13.1. The van der Waals surface area contributed by atoms with Gasteiger partial charge in [0.1, 0.15) is 17.3 Å². The summed E-state index contributed by atoms with van der Waals surface area (Å²) < 4.78 is 8.95. The normalized spacial score (nSPS) is 13.0. The van der Waals surface area contributed by atoms with Crippen molar-refractivity contribution < 1.29 is 4.74 Å². The van der Waals surface area contributed by atoms with Gasteiger partial charge < -0.3 is 14.5 Å². The lowest BCUT2D eigenvalue weighted by Gasteiger charge is -2.22. The van der Waals surface area contributed by atoms with Gasteiger partial charge in [-0.15, -0.1) is 0 Å². The van der Waals surface area contributed by atoms with E-state index in [1.807, 2.05) is 24.4 Å². The topological polar surface area (TPSA) is 33.5 Å². The summed E-state index contributed by atoms with van der Waals surface area (Å²) in [6.07, 6.45) is 1.84. The lowest BCUT2D eigenvalue weighted by molar-refractivity contribution is 0.483. The van der Waals surface area contributed by atoms with E-state index in [4.69, 9.17) is 9.72 Å². The standard InChI is InChI=1S/C41H36N4O/c1-41(2,3)30-17-20-37-39(24-30)43(4)27-44(37)31-22-29(28-12-6-5-7-13-28)23-33(25-31)46-32-18-19-35-34-14-8-9-15-36(34)45(38(35)26-32)40-16-10-11-21-42-40/h5-26H,27H2,1-4H3. The number of rotatable bonds is 5. The van der Waals surface area contributed by atoms with Crippen molar-refractivity contribution in [3.8, 4) is 28.4 Å². The molecule has 0 atom stereocenters. The molecular formula is C41H36N4O. The molecule has 0 saturated carbocycles. The van der Waals surface area contributed by atoms with E-state index >= 15 is 0 Å². The highest BCUT2D eigenvalue weighted by Gasteiger charge is 2.27. The highest BCUT2D eigenvalue weighted by atomic mass is 16.5. The number of aromatic nitrogens is 2. The van der Waals surface area contributed by atoms with Crippen LogP contribution in [0, 0.1) is 0 Å². The smallest absolute Gasteiger partial charge is 0.137 e. The lowest BCUT2D eigenvalue weighted by atomic mass is 9.86. The van der Waals surface area contributed by atoms with Crippen molar-refractivity contribution in [3.63, 3.8) is 0 Å². The molecule has 5 nitrogen and oxygen atoms in total. The molecule has 1 aliphatic rings. The Bertz CT molecular complexity index is 2210. The number of anilines is 3. The summed E-state index contributed by atoms with van der Waals surface area (Å²) in [7, 11) is 2.17. The number of hydrogen-bond donors (Lipinski definition) is 0. The summed E-state index contributed by atoms with van der Waals surface area (Å²) in [5, 5.41) is 2.35. The Labute approximate surface area is 269 Å². The molecule has 0 unspecified atom stereocenters. The highest BCUT2D eigenvalue weighted by Crippen LogP contribution is 2.44. The Balaban J connectivity index is 1.24. The van der Waals surface area contributed by atoms with E-state index < -0.39 is 0 Å². The Morgan fingerprint density at radius 2 is 1.41 bits per heavy atom. The van der Waals surface area contributed by atoms with Crippen molar-refractivity contribution in [3.05, 3.63) is 139 Å². The first-order valence-corrected chi connectivity index (χ1v) is 15.8. The summed E-state index contributed by atoms with van der Waals surface area (Å²) in [6, 6.07) is 44.8. The van der Waals surface area contributed by atoms with Gasteiger partial charge in [-0.25, -0.2) is 4.98 Å². The van der Waals surface area contributed by atoms with Crippen molar-refractivity contribution in [2.75, 3.05) is 23.5 Å². The third-order valence-corrected chi connectivity index (χ3v) is 8.97. The molecule has 0 spiro atoms. The molecule has 0 radical (unpaired) electrons. The van der Waals surface area contributed by atoms with E-state index in [0.29, 0.717) is 0 Å². The quantitative estimate of drug-likeness (QED) is 0.197. The molecule has 0 aliphatic carbocycles. The van der Waals surface area contributed by atoms with E-state index in [1.165, 1.54) is 27.7 Å². The number of fused-ring (bicyclic) bond motifs is 4. The van der Waals surface area contributed by atoms with Gasteiger partial charge in [0.2, 0.25) is 0 Å². The molecule has 0 bridgehead atoms. The summed E-state index contributed by atoms with van der Waals surface area (Å²) in [6.45, 7) is 7.56. The molecule has 2 aromatic heterocycles. The van der Waals surface area contributed by atoms with Crippen LogP contribution < -0.4 is 14.5 Å². The zero-order valence-corrected chi connectivity index (χ0v) is 26.6. The van der Waals surface area contributed by atoms with E-state index in [-0.39, 0.29) is 5.41 Å². The zero-order chi connectivity index (χ0) is 31.4. The number of benzene rings is 5. The van der Waals surface area contributed by atoms with Gasteiger partial charge in [0.25, 0.3) is 0 Å². The largest absolute Gasteiger partial charge is 0.457 e. The average Bonchev–Trinajstić information content (AvgIpc) is 3.59. The van der Waals surface area contributed by atoms with Crippen LogP contribution >= 0.6 is 0 Å². The van der Waals surface area contributed by atoms with Crippen LogP contribution in [0.1, 0.15) is 26.3 Å². The third-order valence-electron chi connectivity index (χ3n) is 8.97. The number of pyridine rings is 1. The maximum absolute atomic E-state index is 6.74. The summed E-state index contributed by atoms with van der Waals surface area (Å²) >= 11 is 0. The molecular weight excluding hydrogens is 564 g/mol. The number of nitrogens with zero attached hydrogens (tertiary/aromatic N) is 4. The molecule has 46 heavy (non-hydrogen) atoms. The first kappa shape index (κ1) is 28.0. The molecule has 5 heteroatoms. The molecule has 0 fully saturated rings. The average molecular weight is 601 g/mol. The molecule has 8 rings (SSSR count). The van der Waals surface area contributed by atoms with Crippen molar-refractivity contribution in [1.82, 2.24) is 9.55 Å². The Kier molecular flexibility index (Phi) is 6.57. The van der Waals surface area contributed by atoms with E-state index in [1.54, 1.807) is 0 Å². The van der Waals surface area contributed by atoms with Gasteiger partial charge in [-0.2, -0.15) is 0 Å². The van der Waals surface area contributed by atoms with Gasteiger partial charge in [0.05, 0.1) is 29.1 Å². The fraction of sp³-hybridized carbons (Fsp3) is 0.146. The summed E-state index contributed by atoms with van der Waals surface area (Å²) in [5.41, 5.74) is 9.39. The van der Waals surface area contributed by atoms with Crippen LogP contribution in [-0.4, -0.2) is 23.3 Å². The minimum Gasteiger partial charge on any atom is -0.457 e. The number of para-hydroxylation sites is 1. The molecule has 5 aromatic carbocycles. The monoisotopic (exact) mass is 600 g/mol. The second kappa shape index (κ2) is 10.8. The Hall–Kier alpha value is -5.55. The molecule has 0 amide bonds. The predicted octanol–water partition coefficient (Wildman–Crippen LogP) is 10.5. The summed E-state index contributed by atoms with van der Waals surface area (Å²) in [5.74, 6) is 2.45. The first-order valence-electron chi connectivity index (χ1n) is 15.8. The van der Waals surface area contributed by atoms with Gasteiger partial charge in [-0.1, -0.05) is 81.4 Å². The maximum atomic E-state index is 6.74. The van der Waals surface area contributed by atoms with Crippen LogP contribution in [0.2, 0.25) is 0 Å². The van der Waals surface area contributed by atoms with Gasteiger partial charge in [0, 0.05) is 41.8 Å². The maximum Gasteiger partial charge on any atom is 0.137 e. The van der Waals surface area contributed by atoms with E-state index in [2.05, 4.69) is 151 Å². The highest BCUT2D eigenvalue weighted by molar-refractivity contribution is 6.09. The number of ether oxygens (including phenoxy) is 1. The van der Waals surface area contributed by atoms with Crippen molar-refractivity contribution in [1.29, 1.82) is 0 Å². The van der Waals surface area contributed by atoms with E-state index in [0.717, 1.165) is 51.8 Å². The summed E-state index contributed by atoms with van der Waals surface area (Å²) in [4.78, 5) is 9.39. The number of hydrogen-bond acceptors (Lipinski definition) is 4. The second-order valence-corrected chi connectivity index (χ2v) is 13.1. The van der Waals surface area contributed by atoms with Crippen LogP contribution in [0.15, 0.2) is 134 Å². The van der Waals surface area contributed by atoms with Crippen LogP contribution in [0.3, 0.4) is 0 Å². The lowest BCUT2D eigenvalue weighted by Crippen LogP contribution is -2.24. The molecule has 0 saturated heterocycles. The fourth-order valence-electron chi connectivity index (χ4n) is 6.59. The molecule has 0 N–H and O–H groups in total. The first-order chi connectivity index (χ1) is 22.3. The predicted molar refractivity (Wildman–Crippen MR) is 191 cm³/mol. The van der Waals surface area contributed by atoms with Crippen molar-refractivity contribution in [2.24, 2.45) is 0 Å². The van der Waals surface area contributed by atoms with Gasteiger partial charge in [-0.3, -0.25) is 4.57 Å². The molecule has 1 aliphatic heterocycles. The zero-order valence-electron chi connectivity index (χ0n) is 26.6. The van der Waals surface area contributed by atoms with Crippen LogP contribution in [-0.2, 0) is 5.41 Å².